The molecule has 5 nitrogen and oxygen atoms in total. The van der Waals surface area contributed by atoms with Gasteiger partial charge < -0.3 is 15.2 Å². The van der Waals surface area contributed by atoms with Gasteiger partial charge in [-0.1, -0.05) is 6.07 Å². The highest BCUT2D eigenvalue weighted by Crippen LogP contribution is 2.34. The smallest absolute Gasteiger partial charge is 0.165 e. The van der Waals surface area contributed by atoms with Crippen molar-refractivity contribution >= 4 is 5.69 Å². The maximum Gasteiger partial charge on any atom is 0.165 e. The molecule has 0 amide bonds. The lowest BCUT2D eigenvalue weighted by Gasteiger charge is -2.10. The molecule has 5 heteroatoms. The molecule has 0 aliphatic heterocycles. The van der Waals surface area contributed by atoms with E-state index in [2.05, 4.69) is 5.10 Å². The zero-order valence-electron chi connectivity index (χ0n) is 10.6. The van der Waals surface area contributed by atoms with Crippen LogP contribution in [-0.2, 0) is 6.54 Å². The second kappa shape index (κ2) is 5.44. The SMILES string of the molecule is CCOc1cccc(Oc2cnn(CC)c2)c1N. The molecule has 0 radical (unpaired) electrons. The van der Waals surface area contributed by atoms with Crippen molar-refractivity contribution in [3.8, 4) is 17.2 Å². The Bertz CT molecular complexity index is 523. The Kier molecular flexibility index (Phi) is 3.72. The Morgan fingerprint density at radius 3 is 2.72 bits per heavy atom. The highest BCUT2D eigenvalue weighted by atomic mass is 16.5. The lowest BCUT2D eigenvalue weighted by molar-refractivity contribution is 0.340. The number of rotatable bonds is 5. The summed E-state index contributed by atoms with van der Waals surface area (Å²) >= 11 is 0. The van der Waals surface area contributed by atoms with E-state index >= 15 is 0 Å². The van der Waals surface area contributed by atoms with Gasteiger partial charge in [-0.25, -0.2) is 0 Å². The summed E-state index contributed by atoms with van der Waals surface area (Å²) in [5, 5.41) is 4.14. The largest absolute Gasteiger partial charge is 0.492 e. The second-order valence-electron chi connectivity index (χ2n) is 3.73. The molecule has 0 aliphatic carbocycles. The third kappa shape index (κ3) is 2.56. The third-order valence-corrected chi connectivity index (χ3v) is 2.49. The lowest BCUT2D eigenvalue weighted by atomic mass is 10.2. The number of hydrogen-bond acceptors (Lipinski definition) is 4. The maximum absolute atomic E-state index is 5.98. The minimum absolute atomic E-state index is 0.503. The summed E-state index contributed by atoms with van der Waals surface area (Å²) in [6.45, 7) is 5.30. The summed E-state index contributed by atoms with van der Waals surface area (Å²) in [4.78, 5) is 0. The maximum atomic E-state index is 5.98. The van der Waals surface area contributed by atoms with Crippen molar-refractivity contribution in [2.24, 2.45) is 0 Å². The zero-order valence-corrected chi connectivity index (χ0v) is 10.6. The first-order chi connectivity index (χ1) is 8.74. The van der Waals surface area contributed by atoms with E-state index in [0.29, 0.717) is 29.5 Å². The van der Waals surface area contributed by atoms with Gasteiger partial charge >= 0.3 is 0 Å². The van der Waals surface area contributed by atoms with Crippen LogP contribution in [0.3, 0.4) is 0 Å². The molecule has 1 heterocycles. The van der Waals surface area contributed by atoms with Gasteiger partial charge in [-0.3, -0.25) is 4.68 Å². The van der Waals surface area contributed by atoms with Crippen molar-refractivity contribution in [3.63, 3.8) is 0 Å². The van der Waals surface area contributed by atoms with Crippen LogP contribution in [0.1, 0.15) is 13.8 Å². The predicted molar refractivity (Wildman–Crippen MR) is 70.0 cm³/mol. The average Bonchev–Trinajstić information content (AvgIpc) is 2.82. The molecule has 0 saturated carbocycles. The lowest BCUT2D eigenvalue weighted by Crippen LogP contribution is -1.98. The summed E-state index contributed by atoms with van der Waals surface area (Å²) in [7, 11) is 0. The van der Waals surface area contributed by atoms with Crippen molar-refractivity contribution in [1.82, 2.24) is 9.78 Å². The topological polar surface area (TPSA) is 62.3 Å². The van der Waals surface area contributed by atoms with Crippen LogP contribution in [0.25, 0.3) is 0 Å². The van der Waals surface area contributed by atoms with E-state index in [1.165, 1.54) is 0 Å². The number of hydrogen-bond donors (Lipinski definition) is 1. The van der Waals surface area contributed by atoms with E-state index in [-0.39, 0.29) is 0 Å². The van der Waals surface area contributed by atoms with Gasteiger partial charge in [-0.15, -0.1) is 0 Å². The normalized spacial score (nSPS) is 10.3. The number of aromatic nitrogens is 2. The number of benzene rings is 1. The fraction of sp³-hybridized carbons (Fsp3) is 0.308. The standard InChI is InChI=1S/C13H17N3O2/c1-3-16-9-10(8-15-16)18-12-7-5-6-11(13(12)14)17-4-2/h5-9H,3-4,14H2,1-2H3. The molecule has 1 aromatic heterocycles. The fourth-order valence-electron chi connectivity index (χ4n) is 1.59. The molecule has 0 fully saturated rings. The predicted octanol–water partition coefficient (Wildman–Crippen LogP) is 2.68. The minimum atomic E-state index is 0.503. The van der Waals surface area contributed by atoms with E-state index in [9.17, 15) is 0 Å². The van der Waals surface area contributed by atoms with Gasteiger partial charge in [0.05, 0.1) is 19.0 Å². The minimum Gasteiger partial charge on any atom is -0.492 e. The van der Waals surface area contributed by atoms with Gasteiger partial charge in [-0.05, 0) is 26.0 Å². The number of anilines is 1. The molecule has 0 spiro atoms. The molecule has 1 aromatic carbocycles. The molecule has 18 heavy (non-hydrogen) atoms. The monoisotopic (exact) mass is 247 g/mol. The van der Waals surface area contributed by atoms with Gasteiger partial charge in [0, 0.05) is 6.54 Å². The fourth-order valence-corrected chi connectivity index (χ4v) is 1.59. The highest BCUT2D eigenvalue weighted by molar-refractivity contribution is 5.63. The van der Waals surface area contributed by atoms with Crippen LogP contribution in [0.2, 0.25) is 0 Å². The Morgan fingerprint density at radius 2 is 2.06 bits per heavy atom. The number of para-hydroxylation sites is 1. The van der Waals surface area contributed by atoms with Gasteiger partial charge in [0.15, 0.2) is 11.5 Å². The first-order valence-electron chi connectivity index (χ1n) is 5.96. The Hall–Kier alpha value is -2.17. The summed E-state index contributed by atoms with van der Waals surface area (Å²) in [5.74, 6) is 1.88. The van der Waals surface area contributed by atoms with Crippen LogP contribution in [0, 0.1) is 0 Å². The zero-order chi connectivity index (χ0) is 13.0. The highest BCUT2D eigenvalue weighted by Gasteiger charge is 2.08. The van der Waals surface area contributed by atoms with E-state index in [1.807, 2.05) is 32.2 Å². The van der Waals surface area contributed by atoms with Crippen LogP contribution in [-0.4, -0.2) is 16.4 Å². The Labute approximate surface area is 106 Å². The molecular weight excluding hydrogens is 230 g/mol. The second-order valence-corrected chi connectivity index (χ2v) is 3.73. The molecule has 2 N–H and O–H groups in total. The van der Waals surface area contributed by atoms with Crippen molar-refractivity contribution in [3.05, 3.63) is 30.6 Å². The average molecular weight is 247 g/mol. The van der Waals surface area contributed by atoms with Crippen LogP contribution in [0.15, 0.2) is 30.6 Å². The van der Waals surface area contributed by atoms with Crippen molar-refractivity contribution in [2.45, 2.75) is 20.4 Å². The van der Waals surface area contributed by atoms with E-state index in [1.54, 1.807) is 16.9 Å². The number of nitrogen functional groups attached to an aromatic ring is 1. The van der Waals surface area contributed by atoms with E-state index < -0.39 is 0 Å². The van der Waals surface area contributed by atoms with Gasteiger partial charge in [0.1, 0.15) is 11.4 Å². The van der Waals surface area contributed by atoms with Crippen LogP contribution in [0.4, 0.5) is 5.69 Å². The Morgan fingerprint density at radius 1 is 1.28 bits per heavy atom. The summed E-state index contributed by atoms with van der Waals surface area (Å²) in [5.41, 5.74) is 6.48. The van der Waals surface area contributed by atoms with Gasteiger partial charge in [-0.2, -0.15) is 5.10 Å². The number of nitrogens with zero attached hydrogens (tertiary/aromatic N) is 2. The quantitative estimate of drug-likeness (QED) is 0.825. The number of ether oxygens (including phenoxy) is 2. The number of nitrogens with two attached hydrogens (primary N) is 1. The molecule has 0 unspecified atom stereocenters. The Balaban J connectivity index is 2.20. The van der Waals surface area contributed by atoms with Crippen molar-refractivity contribution in [1.29, 1.82) is 0 Å². The van der Waals surface area contributed by atoms with Gasteiger partial charge in [0.2, 0.25) is 0 Å². The van der Waals surface area contributed by atoms with E-state index in [0.717, 1.165) is 6.54 Å². The first kappa shape index (κ1) is 12.3. The van der Waals surface area contributed by atoms with E-state index in [4.69, 9.17) is 15.2 Å². The molecule has 96 valence electrons. The molecular formula is C13H17N3O2. The number of aryl methyl sites for hydroxylation is 1. The molecule has 0 aliphatic rings. The summed E-state index contributed by atoms with van der Waals surface area (Å²) in [6, 6.07) is 5.48. The molecule has 0 bridgehead atoms. The summed E-state index contributed by atoms with van der Waals surface area (Å²) in [6.07, 6.45) is 3.49. The molecule has 0 atom stereocenters. The van der Waals surface area contributed by atoms with Gasteiger partial charge in [0.25, 0.3) is 0 Å². The van der Waals surface area contributed by atoms with Crippen molar-refractivity contribution in [2.75, 3.05) is 12.3 Å². The van der Waals surface area contributed by atoms with Crippen LogP contribution >= 0.6 is 0 Å². The first-order valence-corrected chi connectivity index (χ1v) is 5.96. The molecule has 2 rings (SSSR count). The summed E-state index contributed by atoms with van der Waals surface area (Å²) < 4.78 is 12.9. The third-order valence-electron chi connectivity index (χ3n) is 2.49. The molecule has 2 aromatic rings. The molecule has 0 saturated heterocycles. The van der Waals surface area contributed by atoms with Crippen LogP contribution in [0.5, 0.6) is 17.2 Å². The van der Waals surface area contributed by atoms with Crippen molar-refractivity contribution < 1.29 is 9.47 Å². The van der Waals surface area contributed by atoms with Crippen LogP contribution < -0.4 is 15.2 Å².